The first kappa shape index (κ1) is 17.5. The van der Waals surface area contributed by atoms with Crippen LogP contribution in [0.1, 0.15) is 28.4 Å². The smallest absolute Gasteiger partial charge is 0.212 e. The third-order valence-corrected chi connectivity index (χ3v) is 7.48. The van der Waals surface area contributed by atoms with Gasteiger partial charge in [0.1, 0.15) is 0 Å². The molecule has 2 aromatic carbocycles. The van der Waals surface area contributed by atoms with Crippen molar-refractivity contribution >= 4 is 21.8 Å². The van der Waals surface area contributed by atoms with E-state index in [9.17, 15) is 8.42 Å². The van der Waals surface area contributed by atoms with Gasteiger partial charge in [0.15, 0.2) is 0 Å². The van der Waals surface area contributed by atoms with Crippen LogP contribution in [0.3, 0.4) is 0 Å². The summed E-state index contributed by atoms with van der Waals surface area (Å²) < 4.78 is 27.2. The van der Waals surface area contributed by atoms with Crippen molar-refractivity contribution in [2.24, 2.45) is 0 Å². The van der Waals surface area contributed by atoms with Crippen molar-refractivity contribution in [3.8, 4) is 0 Å². The Hall–Kier alpha value is -1.30. The molecule has 0 aliphatic carbocycles. The highest BCUT2D eigenvalue weighted by Crippen LogP contribution is 2.34. The molecule has 128 valence electrons. The molecular formula is C19H23NO2S2. The maximum Gasteiger partial charge on any atom is 0.218 e. The van der Waals surface area contributed by atoms with Gasteiger partial charge in [0, 0.05) is 24.1 Å². The van der Waals surface area contributed by atoms with Crippen LogP contribution in [0.2, 0.25) is 0 Å². The van der Waals surface area contributed by atoms with Crippen LogP contribution < -0.4 is 0 Å². The molecule has 1 unspecified atom stereocenters. The molecule has 0 spiro atoms. The van der Waals surface area contributed by atoms with E-state index < -0.39 is 10.0 Å². The zero-order valence-corrected chi connectivity index (χ0v) is 15.5. The lowest BCUT2D eigenvalue weighted by Gasteiger charge is -2.20. The third-order valence-electron chi connectivity index (χ3n) is 4.30. The van der Waals surface area contributed by atoms with E-state index in [1.54, 1.807) is 4.31 Å². The Morgan fingerprint density at radius 3 is 2.62 bits per heavy atom. The molecule has 0 bridgehead atoms. The minimum absolute atomic E-state index is 0.0926. The number of hydrogen-bond acceptors (Lipinski definition) is 3. The van der Waals surface area contributed by atoms with Crippen molar-refractivity contribution in [3.05, 3.63) is 71.3 Å². The molecule has 1 fully saturated rings. The van der Waals surface area contributed by atoms with Gasteiger partial charge < -0.3 is 0 Å². The molecule has 5 heteroatoms. The first-order valence-electron chi connectivity index (χ1n) is 8.24. The predicted octanol–water partition coefficient (Wildman–Crippen LogP) is 4.01. The average Bonchev–Trinajstić information content (AvgIpc) is 2.82. The summed E-state index contributed by atoms with van der Waals surface area (Å²) in [6, 6.07) is 18.1. The highest BCUT2D eigenvalue weighted by atomic mass is 32.2. The molecule has 0 N–H and O–H groups in total. The molecule has 1 heterocycles. The van der Waals surface area contributed by atoms with E-state index in [1.807, 2.05) is 61.2 Å². The second-order valence-electron chi connectivity index (χ2n) is 6.20. The second kappa shape index (κ2) is 7.72. The van der Waals surface area contributed by atoms with Crippen LogP contribution in [0.5, 0.6) is 0 Å². The largest absolute Gasteiger partial charge is 0.218 e. The van der Waals surface area contributed by atoms with Crippen molar-refractivity contribution in [1.82, 2.24) is 4.31 Å². The summed E-state index contributed by atoms with van der Waals surface area (Å²) in [7, 11) is -3.26. The number of nitrogens with zero attached hydrogens (tertiary/aromatic N) is 1. The summed E-state index contributed by atoms with van der Waals surface area (Å²) in [6.45, 7) is 3.19. The maximum absolute atomic E-state index is 12.8. The lowest BCUT2D eigenvalue weighted by atomic mass is 10.1. The summed E-state index contributed by atoms with van der Waals surface area (Å²) in [5.74, 6) is 0.932. The summed E-state index contributed by atoms with van der Waals surface area (Å²) in [5, 5.41) is 0.380. The normalized spacial score (nSPS) is 19.8. The predicted molar refractivity (Wildman–Crippen MR) is 102 cm³/mol. The van der Waals surface area contributed by atoms with Crippen LogP contribution in [-0.2, 0) is 15.8 Å². The number of hydrogen-bond donors (Lipinski definition) is 0. The van der Waals surface area contributed by atoms with Gasteiger partial charge in [-0.1, -0.05) is 60.2 Å². The van der Waals surface area contributed by atoms with Crippen LogP contribution >= 0.6 is 11.8 Å². The molecule has 1 saturated heterocycles. The Bertz CT molecular complexity index is 775. The van der Waals surface area contributed by atoms with Gasteiger partial charge in [-0.05, 0) is 24.5 Å². The van der Waals surface area contributed by atoms with E-state index in [0.29, 0.717) is 18.3 Å². The molecule has 0 amide bonds. The van der Waals surface area contributed by atoms with Gasteiger partial charge >= 0.3 is 0 Å². The highest BCUT2D eigenvalue weighted by molar-refractivity contribution is 7.99. The minimum atomic E-state index is -3.26. The standard InChI is InChI=1S/C19H23NO2S2/c1-16-6-5-7-17(14-16)15-24(21,22)20-11-10-19(23-13-12-20)18-8-3-2-4-9-18/h2-9,14,19H,10-13,15H2,1H3. The molecular weight excluding hydrogens is 338 g/mol. The summed E-state index contributed by atoms with van der Waals surface area (Å²) in [5.41, 5.74) is 3.25. The second-order valence-corrected chi connectivity index (χ2v) is 9.48. The fourth-order valence-corrected chi connectivity index (χ4v) is 5.95. The summed E-state index contributed by atoms with van der Waals surface area (Å²) in [4.78, 5) is 0. The topological polar surface area (TPSA) is 37.4 Å². The van der Waals surface area contributed by atoms with E-state index >= 15 is 0 Å². The van der Waals surface area contributed by atoms with E-state index in [4.69, 9.17) is 0 Å². The van der Waals surface area contributed by atoms with E-state index in [-0.39, 0.29) is 5.75 Å². The molecule has 3 rings (SSSR count). The quantitative estimate of drug-likeness (QED) is 0.826. The van der Waals surface area contributed by atoms with Crippen LogP contribution in [0, 0.1) is 6.92 Å². The fourth-order valence-electron chi connectivity index (χ4n) is 3.07. The van der Waals surface area contributed by atoms with Crippen molar-refractivity contribution in [2.45, 2.75) is 24.3 Å². The zero-order valence-electron chi connectivity index (χ0n) is 13.9. The van der Waals surface area contributed by atoms with Crippen molar-refractivity contribution in [2.75, 3.05) is 18.8 Å². The zero-order chi connectivity index (χ0) is 17.0. The molecule has 1 aliphatic rings. The Labute approximate surface area is 149 Å². The highest BCUT2D eigenvalue weighted by Gasteiger charge is 2.27. The molecule has 2 aromatic rings. The number of benzene rings is 2. The lowest BCUT2D eigenvalue weighted by Crippen LogP contribution is -2.34. The van der Waals surface area contributed by atoms with Crippen LogP contribution in [-0.4, -0.2) is 31.6 Å². The lowest BCUT2D eigenvalue weighted by molar-refractivity contribution is 0.427. The third kappa shape index (κ3) is 4.41. The van der Waals surface area contributed by atoms with E-state index in [0.717, 1.165) is 23.3 Å². The number of aryl methyl sites for hydroxylation is 1. The number of sulfonamides is 1. The van der Waals surface area contributed by atoms with Gasteiger partial charge in [-0.15, -0.1) is 0 Å². The monoisotopic (exact) mass is 361 g/mol. The van der Waals surface area contributed by atoms with Crippen LogP contribution in [0.4, 0.5) is 0 Å². The van der Waals surface area contributed by atoms with Crippen LogP contribution in [0.15, 0.2) is 54.6 Å². The van der Waals surface area contributed by atoms with Gasteiger partial charge in [0.2, 0.25) is 10.0 Å². The number of thioether (sulfide) groups is 1. The number of rotatable bonds is 4. The molecule has 24 heavy (non-hydrogen) atoms. The molecule has 0 aromatic heterocycles. The van der Waals surface area contributed by atoms with Crippen molar-refractivity contribution < 1.29 is 8.42 Å². The average molecular weight is 362 g/mol. The molecule has 0 saturated carbocycles. The van der Waals surface area contributed by atoms with Gasteiger partial charge in [0.25, 0.3) is 0 Å². The van der Waals surface area contributed by atoms with E-state index in [1.165, 1.54) is 5.56 Å². The Kier molecular flexibility index (Phi) is 5.64. The van der Waals surface area contributed by atoms with Crippen molar-refractivity contribution in [1.29, 1.82) is 0 Å². The maximum atomic E-state index is 12.8. The van der Waals surface area contributed by atoms with Crippen molar-refractivity contribution in [3.63, 3.8) is 0 Å². The summed E-state index contributed by atoms with van der Waals surface area (Å²) >= 11 is 1.86. The fraction of sp³-hybridized carbons (Fsp3) is 0.368. The molecule has 1 aliphatic heterocycles. The first-order valence-corrected chi connectivity index (χ1v) is 10.9. The van der Waals surface area contributed by atoms with Gasteiger partial charge in [-0.3, -0.25) is 0 Å². The van der Waals surface area contributed by atoms with E-state index in [2.05, 4.69) is 12.1 Å². The molecule has 0 radical (unpaired) electrons. The van der Waals surface area contributed by atoms with Crippen LogP contribution in [0.25, 0.3) is 0 Å². The SMILES string of the molecule is Cc1cccc(CS(=O)(=O)N2CCSC(c3ccccc3)CC2)c1. The Balaban J connectivity index is 1.68. The minimum Gasteiger partial charge on any atom is -0.212 e. The summed E-state index contributed by atoms with van der Waals surface area (Å²) in [6.07, 6.45) is 0.863. The Morgan fingerprint density at radius 1 is 1.08 bits per heavy atom. The Morgan fingerprint density at radius 2 is 1.88 bits per heavy atom. The van der Waals surface area contributed by atoms with Gasteiger partial charge in [-0.2, -0.15) is 11.8 Å². The van der Waals surface area contributed by atoms with Gasteiger partial charge in [0.05, 0.1) is 5.75 Å². The van der Waals surface area contributed by atoms with Gasteiger partial charge in [-0.25, -0.2) is 12.7 Å². The molecule has 1 atom stereocenters. The molecule has 3 nitrogen and oxygen atoms in total. The first-order chi connectivity index (χ1) is 11.5.